The number of rotatable bonds is 1. The first-order valence-corrected chi connectivity index (χ1v) is 5.68. The molecular formula is C15H17NO2. The second-order valence-corrected chi connectivity index (χ2v) is 3.61. The van der Waals surface area contributed by atoms with Crippen molar-refractivity contribution in [2.45, 2.75) is 6.92 Å². The zero-order chi connectivity index (χ0) is 13.2. The second kappa shape index (κ2) is 7.90. The van der Waals surface area contributed by atoms with Crippen LogP contribution in [-0.4, -0.2) is 13.1 Å². The van der Waals surface area contributed by atoms with Gasteiger partial charge in [-0.1, -0.05) is 54.1 Å². The van der Waals surface area contributed by atoms with E-state index < -0.39 is 6.09 Å². The van der Waals surface area contributed by atoms with Crippen LogP contribution in [0.15, 0.2) is 60.7 Å². The zero-order valence-corrected chi connectivity index (χ0v) is 10.6. The highest BCUT2D eigenvalue weighted by molar-refractivity contribution is 5.69. The molecule has 0 radical (unpaired) electrons. The average molecular weight is 243 g/mol. The summed E-state index contributed by atoms with van der Waals surface area (Å²) in [6.07, 6.45) is -0.448. The summed E-state index contributed by atoms with van der Waals surface area (Å²) in [7, 11) is 1.52. The van der Waals surface area contributed by atoms with Gasteiger partial charge in [-0.15, -0.1) is 0 Å². The third kappa shape index (κ3) is 5.70. The molecule has 0 saturated carbocycles. The number of carbonyl (C=O) groups excluding carboxylic acids is 1. The summed E-state index contributed by atoms with van der Waals surface area (Å²) < 4.78 is 4.81. The van der Waals surface area contributed by atoms with Crippen LogP contribution in [-0.2, 0) is 0 Å². The van der Waals surface area contributed by atoms with Gasteiger partial charge in [0, 0.05) is 7.05 Å². The van der Waals surface area contributed by atoms with E-state index in [0.29, 0.717) is 5.75 Å². The molecule has 2 rings (SSSR count). The van der Waals surface area contributed by atoms with Gasteiger partial charge < -0.3 is 10.1 Å². The third-order valence-electron chi connectivity index (χ3n) is 2.10. The predicted octanol–water partition coefficient (Wildman–Crippen LogP) is 3.40. The Hall–Kier alpha value is -2.29. The van der Waals surface area contributed by atoms with Crippen molar-refractivity contribution in [3.05, 3.63) is 66.2 Å². The Bertz CT molecular complexity index is 454. The molecule has 0 aromatic heterocycles. The lowest BCUT2D eigenvalue weighted by Crippen LogP contribution is -2.21. The number of amides is 1. The molecule has 0 unspecified atom stereocenters. The van der Waals surface area contributed by atoms with Crippen molar-refractivity contribution >= 4 is 6.09 Å². The van der Waals surface area contributed by atoms with Crippen molar-refractivity contribution in [3.8, 4) is 5.75 Å². The maximum Gasteiger partial charge on any atom is 0.412 e. The number of nitrogens with one attached hydrogen (secondary N) is 1. The van der Waals surface area contributed by atoms with Crippen LogP contribution in [0.4, 0.5) is 4.79 Å². The van der Waals surface area contributed by atoms with Gasteiger partial charge in [0.15, 0.2) is 0 Å². The standard InChI is InChI=1S/C8H9NO2.C7H8/c1-9-8(10)11-7-5-3-2-4-6-7;1-7-5-3-2-4-6-7/h2-6H,1H3,(H,9,10);2-6H,1H3. The van der Waals surface area contributed by atoms with Crippen LogP contribution in [0.5, 0.6) is 5.75 Å². The minimum Gasteiger partial charge on any atom is -0.410 e. The highest BCUT2D eigenvalue weighted by Gasteiger charge is 1.97. The van der Waals surface area contributed by atoms with Gasteiger partial charge in [0.1, 0.15) is 5.75 Å². The molecule has 0 spiro atoms. The molecule has 1 N–H and O–H groups in total. The number of aryl methyl sites for hydroxylation is 1. The lowest BCUT2D eigenvalue weighted by atomic mass is 10.2. The molecule has 2 aromatic carbocycles. The molecule has 0 bridgehead atoms. The molecule has 0 aliphatic carbocycles. The van der Waals surface area contributed by atoms with E-state index in [1.54, 1.807) is 24.3 Å². The van der Waals surface area contributed by atoms with Gasteiger partial charge in [-0.2, -0.15) is 0 Å². The summed E-state index contributed by atoms with van der Waals surface area (Å²) in [5, 5.41) is 2.35. The Labute approximate surface area is 107 Å². The number of hydrogen-bond acceptors (Lipinski definition) is 2. The van der Waals surface area contributed by atoms with Crippen molar-refractivity contribution in [2.75, 3.05) is 7.05 Å². The van der Waals surface area contributed by atoms with Gasteiger partial charge >= 0.3 is 6.09 Å². The van der Waals surface area contributed by atoms with Crippen molar-refractivity contribution in [1.29, 1.82) is 0 Å². The van der Waals surface area contributed by atoms with E-state index >= 15 is 0 Å². The fourth-order valence-electron chi connectivity index (χ4n) is 1.18. The van der Waals surface area contributed by atoms with Gasteiger partial charge in [0.25, 0.3) is 0 Å². The highest BCUT2D eigenvalue weighted by Crippen LogP contribution is 2.07. The van der Waals surface area contributed by atoms with Crippen LogP contribution < -0.4 is 10.1 Å². The molecule has 0 atom stereocenters. The lowest BCUT2D eigenvalue weighted by Gasteiger charge is -2.00. The van der Waals surface area contributed by atoms with Crippen molar-refractivity contribution in [1.82, 2.24) is 5.32 Å². The van der Waals surface area contributed by atoms with Crippen LogP contribution in [0, 0.1) is 6.92 Å². The van der Waals surface area contributed by atoms with E-state index in [1.807, 2.05) is 24.3 Å². The Morgan fingerprint density at radius 3 is 1.83 bits per heavy atom. The fourth-order valence-corrected chi connectivity index (χ4v) is 1.18. The number of ether oxygens (including phenoxy) is 1. The maximum absolute atomic E-state index is 10.6. The quantitative estimate of drug-likeness (QED) is 0.833. The predicted molar refractivity (Wildman–Crippen MR) is 72.7 cm³/mol. The van der Waals surface area contributed by atoms with Gasteiger partial charge in [-0.25, -0.2) is 4.79 Å². The molecule has 0 heterocycles. The summed E-state index contributed by atoms with van der Waals surface area (Å²) in [6.45, 7) is 2.08. The summed E-state index contributed by atoms with van der Waals surface area (Å²) in [5.41, 5.74) is 1.32. The molecule has 94 valence electrons. The molecule has 3 heteroatoms. The van der Waals surface area contributed by atoms with Gasteiger partial charge in [0.2, 0.25) is 0 Å². The van der Waals surface area contributed by atoms with Gasteiger partial charge in [0.05, 0.1) is 0 Å². The monoisotopic (exact) mass is 243 g/mol. The van der Waals surface area contributed by atoms with E-state index in [1.165, 1.54) is 12.6 Å². The van der Waals surface area contributed by atoms with Gasteiger partial charge in [-0.3, -0.25) is 0 Å². The van der Waals surface area contributed by atoms with Crippen LogP contribution in [0.2, 0.25) is 0 Å². The molecule has 0 fully saturated rings. The molecule has 1 amide bonds. The SMILES string of the molecule is CNC(=O)Oc1ccccc1.Cc1ccccc1. The molecule has 0 aliphatic rings. The Morgan fingerprint density at radius 2 is 1.44 bits per heavy atom. The van der Waals surface area contributed by atoms with Crippen LogP contribution >= 0.6 is 0 Å². The molecule has 2 aromatic rings. The molecule has 18 heavy (non-hydrogen) atoms. The van der Waals surface area contributed by atoms with E-state index in [2.05, 4.69) is 24.4 Å². The first-order chi connectivity index (χ1) is 8.72. The number of carbonyl (C=O) groups is 1. The number of benzene rings is 2. The fraction of sp³-hybridized carbons (Fsp3) is 0.133. The zero-order valence-electron chi connectivity index (χ0n) is 10.6. The molecule has 0 saturated heterocycles. The smallest absolute Gasteiger partial charge is 0.410 e. The highest BCUT2D eigenvalue weighted by atomic mass is 16.5. The van der Waals surface area contributed by atoms with E-state index in [4.69, 9.17) is 4.74 Å². The van der Waals surface area contributed by atoms with Crippen molar-refractivity contribution < 1.29 is 9.53 Å². The van der Waals surface area contributed by atoms with Crippen LogP contribution in [0.3, 0.4) is 0 Å². The van der Waals surface area contributed by atoms with Crippen molar-refractivity contribution in [2.24, 2.45) is 0 Å². The van der Waals surface area contributed by atoms with Crippen molar-refractivity contribution in [3.63, 3.8) is 0 Å². The third-order valence-corrected chi connectivity index (χ3v) is 2.10. The summed E-state index contributed by atoms with van der Waals surface area (Å²) in [4.78, 5) is 10.6. The summed E-state index contributed by atoms with van der Waals surface area (Å²) in [5.74, 6) is 0.548. The minimum absolute atomic E-state index is 0.448. The number of hydrogen-bond donors (Lipinski definition) is 1. The summed E-state index contributed by atoms with van der Waals surface area (Å²) >= 11 is 0. The average Bonchev–Trinajstić information content (AvgIpc) is 2.41. The topological polar surface area (TPSA) is 38.3 Å². The Balaban J connectivity index is 0.000000199. The normalized spacial score (nSPS) is 8.78. The molecule has 3 nitrogen and oxygen atoms in total. The Kier molecular flexibility index (Phi) is 6.04. The van der Waals surface area contributed by atoms with Gasteiger partial charge in [-0.05, 0) is 19.1 Å². The van der Waals surface area contributed by atoms with Crippen LogP contribution in [0.25, 0.3) is 0 Å². The van der Waals surface area contributed by atoms with E-state index in [9.17, 15) is 4.79 Å². The van der Waals surface area contributed by atoms with Crippen LogP contribution in [0.1, 0.15) is 5.56 Å². The minimum atomic E-state index is -0.448. The first-order valence-electron chi connectivity index (χ1n) is 5.68. The largest absolute Gasteiger partial charge is 0.412 e. The number of para-hydroxylation sites is 1. The lowest BCUT2D eigenvalue weighted by molar-refractivity contribution is 0.203. The first kappa shape index (κ1) is 13.8. The molecular weight excluding hydrogens is 226 g/mol. The second-order valence-electron chi connectivity index (χ2n) is 3.61. The maximum atomic E-state index is 10.6. The summed E-state index contributed by atoms with van der Waals surface area (Å²) in [6, 6.07) is 19.2. The van der Waals surface area contributed by atoms with E-state index in [0.717, 1.165) is 0 Å². The van der Waals surface area contributed by atoms with E-state index in [-0.39, 0.29) is 0 Å². The Morgan fingerprint density at radius 1 is 0.944 bits per heavy atom. The molecule has 0 aliphatic heterocycles.